The van der Waals surface area contributed by atoms with Crippen LogP contribution < -0.4 is 10.2 Å². The molecule has 1 amide bonds. The molecule has 0 saturated carbocycles. The molecule has 0 saturated heterocycles. The van der Waals surface area contributed by atoms with Gasteiger partial charge in [-0.15, -0.1) is 21.5 Å². The molecule has 4 aromatic heterocycles. The number of carbonyl (C=O) groups excluding carboxylic acids is 1. The molecule has 0 spiro atoms. The molecule has 28 heavy (non-hydrogen) atoms. The summed E-state index contributed by atoms with van der Waals surface area (Å²) in [5, 5.41) is 12.7. The highest BCUT2D eigenvalue weighted by Gasteiger charge is 2.22. The van der Waals surface area contributed by atoms with Gasteiger partial charge in [0.15, 0.2) is 16.6 Å². The molecule has 0 aliphatic heterocycles. The number of nitrogens with zero attached hydrogens (tertiary/aromatic N) is 5. The molecule has 0 aliphatic carbocycles. The second-order valence-corrected chi connectivity index (χ2v) is 9.49. The highest BCUT2D eigenvalue weighted by atomic mass is 32.2. The molecule has 0 fully saturated rings. The summed E-state index contributed by atoms with van der Waals surface area (Å²) in [4.78, 5) is 21.1. The third-order valence-corrected chi connectivity index (χ3v) is 7.22. The Kier molecular flexibility index (Phi) is 5.51. The first-order valence-corrected chi connectivity index (χ1v) is 11.8. The number of thiazole rings is 1. The lowest BCUT2D eigenvalue weighted by molar-refractivity contribution is 0.0938. The van der Waals surface area contributed by atoms with E-state index in [1.54, 1.807) is 23.1 Å². The summed E-state index contributed by atoms with van der Waals surface area (Å²) < 4.78 is 2.97. The van der Waals surface area contributed by atoms with Crippen LogP contribution in [-0.4, -0.2) is 51.6 Å². The molecular formula is C18H20N6OS3. The Bertz CT molecular complexity index is 1080. The van der Waals surface area contributed by atoms with E-state index >= 15 is 0 Å². The van der Waals surface area contributed by atoms with E-state index in [0.29, 0.717) is 4.88 Å². The van der Waals surface area contributed by atoms with E-state index in [4.69, 9.17) is 0 Å². The van der Waals surface area contributed by atoms with Gasteiger partial charge in [0.2, 0.25) is 0 Å². The molecule has 4 aromatic rings. The van der Waals surface area contributed by atoms with Gasteiger partial charge in [-0.2, -0.15) is 11.8 Å². The highest BCUT2D eigenvalue weighted by molar-refractivity contribution is 7.98. The zero-order chi connectivity index (χ0) is 19.7. The van der Waals surface area contributed by atoms with Crippen molar-refractivity contribution in [2.45, 2.75) is 12.5 Å². The summed E-state index contributed by atoms with van der Waals surface area (Å²) in [6, 6.07) is 7.49. The van der Waals surface area contributed by atoms with E-state index in [2.05, 4.69) is 26.8 Å². The predicted molar refractivity (Wildman–Crippen MR) is 118 cm³/mol. The Balaban J connectivity index is 1.59. The van der Waals surface area contributed by atoms with Crippen molar-refractivity contribution in [2.75, 3.05) is 31.0 Å². The number of carbonyl (C=O) groups is 1. The molecule has 0 radical (unpaired) electrons. The Morgan fingerprint density at radius 3 is 2.93 bits per heavy atom. The van der Waals surface area contributed by atoms with Crippen molar-refractivity contribution in [2.24, 2.45) is 0 Å². The fourth-order valence-corrected chi connectivity index (χ4v) is 5.36. The van der Waals surface area contributed by atoms with Crippen LogP contribution in [-0.2, 0) is 0 Å². The van der Waals surface area contributed by atoms with Gasteiger partial charge < -0.3 is 10.2 Å². The lowest BCUT2D eigenvalue weighted by Gasteiger charge is -2.16. The number of pyridine rings is 1. The van der Waals surface area contributed by atoms with E-state index in [0.717, 1.165) is 38.3 Å². The number of anilines is 1. The van der Waals surface area contributed by atoms with Gasteiger partial charge in [-0.3, -0.25) is 9.20 Å². The van der Waals surface area contributed by atoms with Crippen LogP contribution in [0.25, 0.3) is 15.2 Å². The minimum atomic E-state index is -0.206. The van der Waals surface area contributed by atoms with E-state index in [-0.39, 0.29) is 11.9 Å². The molecule has 1 unspecified atom stereocenters. The van der Waals surface area contributed by atoms with E-state index < -0.39 is 0 Å². The molecule has 10 heteroatoms. The van der Waals surface area contributed by atoms with Crippen molar-refractivity contribution in [3.8, 4) is 0 Å². The van der Waals surface area contributed by atoms with Gasteiger partial charge in [0.1, 0.15) is 4.83 Å². The summed E-state index contributed by atoms with van der Waals surface area (Å²) in [6.45, 7) is 0. The third-order valence-electron chi connectivity index (χ3n) is 4.25. The van der Waals surface area contributed by atoms with Gasteiger partial charge in [0, 0.05) is 20.3 Å². The average molecular weight is 433 g/mol. The maximum atomic E-state index is 12.9. The predicted octanol–water partition coefficient (Wildman–Crippen LogP) is 3.69. The zero-order valence-corrected chi connectivity index (χ0v) is 18.2. The van der Waals surface area contributed by atoms with Crippen LogP contribution in [0.1, 0.15) is 28.0 Å². The van der Waals surface area contributed by atoms with Crippen LogP contribution in [0.2, 0.25) is 0 Å². The number of hydrogen-bond donors (Lipinski definition) is 1. The monoisotopic (exact) mass is 432 g/mol. The molecule has 7 nitrogen and oxygen atoms in total. The van der Waals surface area contributed by atoms with Gasteiger partial charge in [0.25, 0.3) is 5.91 Å². The highest BCUT2D eigenvalue weighted by Crippen LogP contribution is 2.34. The minimum Gasteiger partial charge on any atom is -0.354 e. The quantitative estimate of drug-likeness (QED) is 0.480. The van der Waals surface area contributed by atoms with Gasteiger partial charge in [-0.1, -0.05) is 17.4 Å². The van der Waals surface area contributed by atoms with Crippen molar-refractivity contribution in [3.63, 3.8) is 0 Å². The van der Waals surface area contributed by atoms with Crippen LogP contribution in [0.15, 0.2) is 30.5 Å². The van der Waals surface area contributed by atoms with E-state index in [1.807, 2.05) is 53.9 Å². The van der Waals surface area contributed by atoms with Gasteiger partial charge in [0.05, 0.1) is 15.6 Å². The van der Waals surface area contributed by atoms with Crippen LogP contribution in [0, 0.1) is 0 Å². The van der Waals surface area contributed by atoms with Crippen LogP contribution in [0.5, 0.6) is 0 Å². The van der Waals surface area contributed by atoms with Gasteiger partial charge >= 0.3 is 0 Å². The standard InChI is InChI=1S/C18H20N6OS3/c1-23(2)18-20-17-13(28-18)10-12(27-17)16(25)19-11(7-9-26-3)15-22-21-14-6-4-5-8-24(14)15/h4-6,8,10-11H,7,9H2,1-3H3,(H,19,25). The summed E-state index contributed by atoms with van der Waals surface area (Å²) in [5.41, 5.74) is 0.776. The molecule has 1 atom stereocenters. The molecule has 1 N–H and O–H groups in total. The smallest absolute Gasteiger partial charge is 0.262 e. The van der Waals surface area contributed by atoms with Crippen molar-refractivity contribution >= 4 is 60.7 Å². The Labute approximate surface area is 174 Å². The van der Waals surface area contributed by atoms with Crippen LogP contribution in [0.4, 0.5) is 5.13 Å². The summed E-state index contributed by atoms with van der Waals surface area (Å²) in [7, 11) is 3.93. The second kappa shape index (κ2) is 8.06. The summed E-state index contributed by atoms with van der Waals surface area (Å²) in [6.07, 6.45) is 4.77. The SMILES string of the molecule is CSCCC(NC(=O)c1cc2sc(N(C)C)nc2s1)c1nnc2ccccn12. The first kappa shape index (κ1) is 19.2. The lowest BCUT2D eigenvalue weighted by Crippen LogP contribution is -2.29. The van der Waals surface area contributed by atoms with Crippen molar-refractivity contribution < 1.29 is 4.79 Å². The number of thioether (sulfide) groups is 1. The Morgan fingerprint density at radius 2 is 2.18 bits per heavy atom. The third kappa shape index (κ3) is 3.71. The van der Waals surface area contributed by atoms with Crippen molar-refractivity contribution in [3.05, 3.63) is 41.2 Å². The maximum Gasteiger partial charge on any atom is 0.262 e. The normalized spacial score (nSPS) is 12.5. The number of nitrogens with one attached hydrogen (secondary N) is 1. The largest absolute Gasteiger partial charge is 0.354 e. The Hall–Kier alpha value is -2.17. The van der Waals surface area contributed by atoms with E-state index in [9.17, 15) is 4.79 Å². The number of amides is 1. The zero-order valence-electron chi connectivity index (χ0n) is 15.7. The molecule has 146 valence electrons. The molecule has 4 rings (SSSR count). The second-order valence-electron chi connectivity index (χ2n) is 6.47. The minimum absolute atomic E-state index is 0.0969. The van der Waals surface area contributed by atoms with E-state index in [1.165, 1.54) is 11.3 Å². The van der Waals surface area contributed by atoms with Gasteiger partial charge in [-0.05, 0) is 36.6 Å². The topological polar surface area (TPSA) is 75.4 Å². The number of hydrogen-bond acceptors (Lipinski definition) is 8. The molecule has 0 aliphatic rings. The lowest BCUT2D eigenvalue weighted by atomic mass is 10.2. The molecule has 0 bridgehead atoms. The number of aromatic nitrogens is 4. The molecule has 0 aromatic carbocycles. The summed E-state index contributed by atoms with van der Waals surface area (Å²) >= 11 is 4.76. The fraction of sp³-hybridized carbons (Fsp3) is 0.333. The first-order chi connectivity index (χ1) is 13.6. The van der Waals surface area contributed by atoms with Crippen molar-refractivity contribution in [1.29, 1.82) is 0 Å². The maximum absolute atomic E-state index is 12.9. The average Bonchev–Trinajstić information content (AvgIpc) is 3.37. The number of rotatable bonds is 7. The molecular weight excluding hydrogens is 412 g/mol. The van der Waals surface area contributed by atoms with Crippen LogP contribution >= 0.6 is 34.4 Å². The Morgan fingerprint density at radius 1 is 1.32 bits per heavy atom. The first-order valence-electron chi connectivity index (χ1n) is 8.74. The molecule has 4 heterocycles. The van der Waals surface area contributed by atoms with Crippen molar-refractivity contribution in [1.82, 2.24) is 24.9 Å². The fourth-order valence-electron chi connectivity index (χ4n) is 2.86. The van der Waals surface area contributed by atoms with Gasteiger partial charge in [-0.25, -0.2) is 4.98 Å². The number of thiophene rings is 1. The van der Waals surface area contributed by atoms with Crippen LogP contribution in [0.3, 0.4) is 0 Å². The number of fused-ring (bicyclic) bond motifs is 2. The summed E-state index contributed by atoms with van der Waals surface area (Å²) in [5.74, 6) is 1.57.